The minimum Gasteiger partial charge on any atom is -0.486 e. The summed E-state index contributed by atoms with van der Waals surface area (Å²) in [5, 5.41) is 1.92. The van der Waals surface area contributed by atoms with Gasteiger partial charge in [0.25, 0.3) is 11.8 Å². The lowest BCUT2D eigenvalue weighted by Crippen LogP contribution is -2.29. The number of primary amides is 1. The molecule has 2 aromatic rings. The number of nitrogens with one attached hydrogen (secondary N) is 1. The van der Waals surface area contributed by atoms with Crippen LogP contribution in [0.3, 0.4) is 0 Å². The first-order valence-electron chi connectivity index (χ1n) is 5.59. The van der Waals surface area contributed by atoms with E-state index in [9.17, 15) is 9.59 Å². The Kier molecular flexibility index (Phi) is 4.28. The summed E-state index contributed by atoms with van der Waals surface area (Å²) in [6, 6.07) is 6.64. The number of ether oxygens (including phenoxy) is 1. The molecule has 0 spiro atoms. The SMILES string of the molecule is NNC(=O)c1nc(COc2ccccc2C(N)=O)cs1. The van der Waals surface area contributed by atoms with E-state index in [1.54, 1.807) is 29.6 Å². The fourth-order valence-electron chi connectivity index (χ4n) is 1.49. The minimum atomic E-state index is -0.568. The number of carbonyl (C=O) groups excluding carboxylic acids is 2. The van der Waals surface area contributed by atoms with Crippen molar-refractivity contribution in [2.45, 2.75) is 6.61 Å². The molecule has 0 fully saturated rings. The predicted octanol–water partition coefficient (Wildman–Crippen LogP) is 0.424. The molecule has 8 heteroatoms. The van der Waals surface area contributed by atoms with Gasteiger partial charge < -0.3 is 10.5 Å². The van der Waals surface area contributed by atoms with Gasteiger partial charge in [0.2, 0.25) is 0 Å². The van der Waals surface area contributed by atoms with Crippen LogP contribution in [0.4, 0.5) is 0 Å². The van der Waals surface area contributed by atoms with Crippen molar-refractivity contribution >= 4 is 23.2 Å². The number of rotatable bonds is 5. The minimum absolute atomic E-state index is 0.124. The maximum Gasteiger partial charge on any atom is 0.294 e. The Morgan fingerprint density at radius 1 is 1.35 bits per heavy atom. The zero-order valence-electron chi connectivity index (χ0n) is 10.3. The van der Waals surface area contributed by atoms with Crippen LogP contribution in [0, 0.1) is 0 Å². The van der Waals surface area contributed by atoms with E-state index in [0.29, 0.717) is 17.0 Å². The lowest BCUT2D eigenvalue weighted by Gasteiger charge is -2.07. The van der Waals surface area contributed by atoms with Crippen LogP contribution in [0.2, 0.25) is 0 Å². The van der Waals surface area contributed by atoms with E-state index in [1.165, 1.54) is 0 Å². The second-order valence-electron chi connectivity index (χ2n) is 3.77. The molecule has 2 amide bonds. The number of hydrazine groups is 1. The highest BCUT2D eigenvalue weighted by Gasteiger charge is 2.12. The normalized spacial score (nSPS) is 10.1. The zero-order valence-corrected chi connectivity index (χ0v) is 11.1. The van der Waals surface area contributed by atoms with Crippen molar-refractivity contribution in [1.82, 2.24) is 10.4 Å². The van der Waals surface area contributed by atoms with E-state index in [2.05, 4.69) is 4.98 Å². The monoisotopic (exact) mass is 292 g/mol. The number of benzene rings is 1. The largest absolute Gasteiger partial charge is 0.486 e. The third kappa shape index (κ3) is 3.11. The van der Waals surface area contributed by atoms with Gasteiger partial charge in [-0.25, -0.2) is 10.8 Å². The van der Waals surface area contributed by atoms with Gasteiger partial charge in [-0.15, -0.1) is 11.3 Å². The molecule has 104 valence electrons. The number of aromatic nitrogens is 1. The van der Waals surface area contributed by atoms with Crippen LogP contribution in [0.25, 0.3) is 0 Å². The summed E-state index contributed by atoms with van der Waals surface area (Å²) >= 11 is 1.15. The number of nitrogen functional groups attached to an aromatic ring is 1. The molecule has 0 saturated heterocycles. The molecule has 2 rings (SSSR count). The molecular formula is C12H12N4O3S. The molecule has 7 nitrogen and oxygen atoms in total. The Balaban J connectivity index is 2.07. The average Bonchev–Trinajstić information content (AvgIpc) is 2.93. The number of carbonyl (C=O) groups is 2. The smallest absolute Gasteiger partial charge is 0.294 e. The summed E-state index contributed by atoms with van der Waals surface area (Å²) in [6.07, 6.45) is 0. The summed E-state index contributed by atoms with van der Waals surface area (Å²) in [6.45, 7) is 0.124. The van der Waals surface area contributed by atoms with Crippen LogP contribution in [0.5, 0.6) is 5.75 Å². The molecule has 0 atom stereocenters. The molecule has 0 saturated carbocycles. The van der Waals surface area contributed by atoms with Crippen molar-refractivity contribution in [3.05, 3.63) is 45.9 Å². The molecule has 0 aliphatic carbocycles. The Bertz CT molecular complexity index is 641. The van der Waals surface area contributed by atoms with Gasteiger partial charge in [-0.1, -0.05) is 12.1 Å². The fraction of sp³-hybridized carbons (Fsp3) is 0.0833. The van der Waals surface area contributed by atoms with E-state index in [-0.39, 0.29) is 11.6 Å². The predicted molar refractivity (Wildman–Crippen MR) is 73.1 cm³/mol. The maximum atomic E-state index is 11.3. The van der Waals surface area contributed by atoms with Crippen molar-refractivity contribution in [3.63, 3.8) is 0 Å². The van der Waals surface area contributed by atoms with E-state index >= 15 is 0 Å². The first-order chi connectivity index (χ1) is 9.61. The van der Waals surface area contributed by atoms with Crippen LogP contribution in [-0.4, -0.2) is 16.8 Å². The third-order valence-electron chi connectivity index (χ3n) is 2.41. The molecule has 0 aliphatic rings. The van der Waals surface area contributed by atoms with Gasteiger partial charge in [0.1, 0.15) is 12.4 Å². The number of thiazole rings is 1. The van der Waals surface area contributed by atoms with Gasteiger partial charge in [0.15, 0.2) is 5.01 Å². The van der Waals surface area contributed by atoms with Gasteiger partial charge in [-0.2, -0.15) is 0 Å². The highest BCUT2D eigenvalue weighted by Crippen LogP contribution is 2.19. The Morgan fingerprint density at radius 3 is 2.80 bits per heavy atom. The van der Waals surface area contributed by atoms with Crippen molar-refractivity contribution in [2.75, 3.05) is 0 Å². The molecule has 1 heterocycles. The summed E-state index contributed by atoms with van der Waals surface area (Å²) in [4.78, 5) is 26.5. The van der Waals surface area contributed by atoms with Crippen molar-refractivity contribution in [2.24, 2.45) is 11.6 Å². The number of hydrogen-bond acceptors (Lipinski definition) is 6. The summed E-state index contributed by atoms with van der Waals surface area (Å²) in [5.74, 6) is 4.36. The Labute approximate surface area is 118 Å². The Morgan fingerprint density at radius 2 is 2.10 bits per heavy atom. The van der Waals surface area contributed by atoms with E-state index in [4.69, 9.17) is 16.3 Å². The van der Waals surface area contributed by atoms with E-state index in [1.807, 2.05) is 5.43 Å². The summed E-state index contributed by atoms with van der Waals surface area (Å²) in [7, 11) is 0. The standard InChI is InChI=1S/C12H12N4O3S/c13-10(17)8-3-1-2-4-9(8)19-5-7-6-20-12(15-7)11(18)16-14/h1-4,6H,5,14H2,(H2,13,17)(H,16,18). The second-order valence-corrected chi connectivity index (χ2v) is 4.62. The topological polar surface area (TPSA) is 120 Å². The molecule has 5 N–H and O–H groups in total. The molecule has 0 unspecified atom stereocenters. The van der Waals surface area contributed by atoms with Crippen LogP contribution < -0.4 is 21.7 Å². The van der Waals surface area contributed by atoms with Gasteiger partial charge in [-0.3, -0.25) is 15.0 Å². The highest BCUT2D eigenvalue weighted by molar-refractivity contribution is 7.11. The number of para-hydroxylation sites is 1. The maximum absolute atomic E-state index is 11.3. The van der Waals surface area contributed by atoms with Crippen molar-refractivity contribution in [1.29, 1.82) is 0 Å². The number of hydrogen-bond donors (Lipinski definition) is 3. The van der Waals surface area contributed by atoms with Crippen LogP contribution in [0.1, 0.15) is 25.9 Å². The molecule has 1 aromatic carbocycles. The van der Waals surface area contributed by atoms with Crippen LogP contribution in [0.15, 0.2) is 29.6 Å². The van der Waals surface area contributed by atoms with Gasteiger partial charge in [0, 0.05) is 5.38 Å². The number of nitrogens with zero attached hydrogens (tertiary/aromatic N) is 1. The average molecular weight is 292 g/mol. The molecule has 20 heavy (non-hydrogen) atoms. The lowest BCUT2D eigenvalue weighted by molar-refractivity contribution is 0.0952. The summed E-state index contributed by atoms with van der Waals surface area (Å²) < 4.78 is 5.49. The first kappa shape index (κ1) is 14.0. The van der Waals surface area contributed by atoms with Gasteiger partial charge >= 0.3 is 0 Å². The van der Waals surface area contributed by atoms with Crippen LogP contribution in [-0.2, 0) is 6.61 Å². The van der Waals surface area contributed by atoms with E-state index < -0.39 is 11.8 Å². The van der Waals surface area contributed by atoms with Crippen LogP contribution >= 0.6 is 11.3 Å². The quantitative estimate of drug-likeness (QED) is 0.419. The molecule has 0 bridgehead atoms. The first-order valence-corrected chi connectivity index (χ1v) is 6.46. The lowest BCUT2D eigenvalue weighted by atomic mass is 10.2. The van der Waals surface area contributed by atoms with Crippen molar-refractivity contribution in [3.8, 4) is 5.75 Å². The van der Waals surface area contributed by atoms with Gasteiger partial charge in [0.05, 0.1) is 11.3 Å². The number of amides is 2. The van der Waals surface area contributed by atoms with Crippen molar-refractivity contribution < 1.29 is 14.3 Å². The van der Waals surface area contributed by atoms with Gasteiger partial charge in [-0.05, 0) is 12.1 Å². The highest BCUT2D eigenvalue weighted by atomic mass is 32.1. The molecule has 1 aromatic heterocycles. The summed E-state index contributed by atoms with van der Waals surface area (Å²) in [5.41, 5.74) is 8.10. The number of nitrogens with two attached hydrogens (primary N) is 2. The zero-order chi connectivity index (χ0) is 14.5. The Hall–Kier alpha value is -2.45. The molecular weight excluding hydrogens is 280 g/mol. The fourth-order valence-corrected chi connectivity index (χ4v) is 2.19. The molecule has 0 aliphatic heterocycles. The second kappa shape index (κ2) is 6.13. The molecule has 0 radical (unpaired) electrons. The third-order valence-corrected chi connectivity index (χ3v) is 3.30. The van der Waals surface area contributed by atoms with E-state index in [0.717, 1.165) is 11.3 Å².